The Morgan fingerprint density at radius 2 is 0.982 bits per heavy atom. The molecule has 0 aliphatic carbocycles. The fourth-order valence-corrected chi connectivity index (χ4v) is 7.90. The maximum absolute atomic E-state index is 6.32. The molecule has 0 bridgehead atoms. The van der Waals surface area contributed by atoms with Crippen molar-refractivity contribution >= 4 is 43.7 Å². The third-order valence-corrected chi connectivity index (χ3v) is 10.7. The fourth-order valence-electron chi connectivity index (χ4n) is 7.90. The Bertz CT molecular complexity index is 3280. The maximum Gasteiger partial charge on any atom is 0.160 e. The van der Waals surface area contributed by atoms with Gasteiger partial charge in [0.2, 0.25) is 0 Å². The molecular formula is C52H32N4O. The summed E-state index contributed by atoms with van der Waals surface area (Å²) in [5.41, 5.74) is 14.5. The fraction of sp³-hybridized carbons (Fsp3) is 0. The Labute approximate surface area is 328 Å². The summed E-state index contributed by atoms with van der Waals surface area (Å²) < 4.78 is 6.32. The van der Waals surface area contributed by atoms with Crippen molar-refractivity contribution in [1.29, 1.82) is 0 Å². The lowest BCUT2D eigenvalue weighted by atomic mass is 9.92. The van der Waals surface area contributed by atoms with Gasteiger partial charge in [-0.1, -0.05) is 140 Å². The zero-order chi connectivity index (χ0) is 37.7. The molecule has 0 radical (unpaired) electrons. The highest BCUT2D eigenvalue weighted by molar-refractivity contribution is 6.12. The lowest BCUT2D eigenvalue weighted by molar-refractivity contribution is 0.669. The lowest BCUT2D eigenvalue weighted by Crippen LogP contribution is -1.97. The monoisotopic (exact) mass is 728 g/mol. The number of pyridine rings is 2. The molecule has 4 heterocycles. The van der Waals surface area contributed by atoms with Gasteiger partial charge in [-0.15, -0.1) is 0 Å². The van der Waals surface area contributed by atoms with Gasteiger partial charge in [-0.05, 0) is 70.8 Å². The zero-order valence-corrected chi connectivity index (χ0v) is 30.7. The molecule has 7 aromatic carbocycles. The molecule has 0 N–H and O–H groups in total. The Kier molecular flexibility index (Phi) is 7.74. The molecule has 0 spiro atoms. The predicted molar refractivity (Wildman–Crippen MR) is 233 cm³/mol. The molecule has 0 fully saturated rings. The van der Waals surface area contributed by atoms with E-state index >= 15 is 0 Å². The standard InChI is InChI=1S/C52H32N4O/c1-3-11-33(12-4-1)39-29-40(42-17-9-19-48-49(42)43-16-7-8-18-47(43)57-48)31-41(30-39)46-32-45(55-52(56-46)38-13-5-2-6-14-38)35-22-20-34(21-23-35)44-27-26-37-25-24-36-15-10-28-53-50(36)51(37)54-44/h1-32H. The van der Waals surface area contributed by atoms with Crippen LogP contribution in [0, 0.1) is 0 Å². The Morgan fingerprint density at radius 1 is 0.351 bits per heavy atom. The molecule has 5 nitrogen and oxygen atoms in total. The van der Waals surface area contributed by atoms with Gasteiger partial charge in [0.1, 0.15) is 11.2 Å². The van der Waals surface area contributed by atoms with Gasteiger partial charge in [0.15, 0.2) is 5.82 Å². The highest BCUT2D eigenvalue weighted by Gasteiger charge is 2.17. The molecular weight excluding hydrogens is 697 g/mol. The topological polar surface area (TPSA) is 64.7 Å². The summed E-state index contributed by atoms with van der Waals surface area (Å²) in [4.78, 5) is 20.1. The number of nitrogens with zero attached hydrogens (tertiary/aromatic N) is 4. The van der Waals surface area contributed by atoms with Crippen molar-refractivity contribution in [3.05, 3.63) is 194 Å². The molecule has 0 unspecified atom stereocenters. The van der Waals surface area contributed by atoms with Crippen LogP contribution < -0.4 is 0 Å². The molecule has 11 rings (SSSR count). The minimum absolute atomic E-state index is 0.664. The number of furan rings is 1. The Hall–Kier alpha value is -7.76. The van der Waals surface area contributed by atoms with Gasteiger partial charge in [0, 0.05) is 50.0 Å². The second-order valence-electron chi connectivity index (χ2n) is 14.3. The highest BCUT2D eigenvalue weighted by Crippen LogP contribution is 2.40. The van der Waals surface area contributed by atoms with Crippen LogP contribution >= 0.6 is 0 Å². The van der Waals surface area contributed by atoms with Crippen LogP contribution in [0.1, 0.15) is 0 Å². The smallest absolute Gasteiger partial charge is 0.160 e. The summed E-state index contributed by atoms with van der Waals surface area (Å²) in [6.45, 7) is 0. The van der Waals surface area contributed by atoms with Gasteiger partial charge >= 0.3 is 0 Å². The maximum atomic E-state index is 6.32. The summed E-state index contributed by atoms with van der Waals surface area (Å²) in [7, 11) is 0. The van der Waals surface area contributed by atoms with E-state index in [1.807, 2.05) is 48.7 Å². The third-order valence-electron chi connectivity index (χ3n) is 10.7. The van der Waals surface area contributed by atoms with Gasteiger partial charge in [-0.2, -0.15) is 0 Å². The van der Waals surface area contributed by atoms with Crippen molar-refractivity contribution in [1.82, 2.24) is 19.9 Å². The number of rotatable bonds is 6. The summed E-state index contributed by atoms with van der Waals surface area (Å²) >= 11 is 0. The first kappa shape index (κ1) is 32.7. The molecule has 0 saturated heterocycles. The van der Waals surface area contributed by atoms with Crippen molar-refractivity contribution < 1.29 is 4.42 Å². The van der Waals surface area contributed by atoms with Crippen LogP contribution in [-0.2, 0) is 0 Å². The zero-order valence-electron chi connectivity index (χ0n) is 30.7. The van der Waals surface area contributed by atoms with Crippen LogP contribution in [0.25, 0.3) is 111 Å². The first-order chi connectivity index (χ1) is 28.2. The average Bonchev–Trinajstić information content (AvgIpc) is 3.68. The van der Waals surface area contributed by atoms with Crippen molar-refractivity contribution in [3.63, 3.8) is 0 Å². The van der Waals surface area contributed by atoms with E-state index in [9.17, 15) is 0 Å². The minimum atomic E-state index is 0.664. The summed E-state index contributed by atoms with van der Waals surface area (Å²) in [6, 6.07) is 65.1. The number of hydrogen-bond donors (Lipinski definition) is 0. The SMILES string of the molecule is c1ccc(-c2cc(-c3cc(-c4ccc(-c5ccc6ccc7cccnc7c6n5)cc4)nc(-c4ccccc4)n3)cc(-c3cccc4oc5ccccc5c34)c2)cc1. The van der Waals surface area contributed by atoms with E-state index < -0.39 is 0 Å². The lowest BCUT2D eigenvalue weighted by Gasteiger charge is -2.14. The van der Waals surface area contributed by atoms with E-state index in [2.05, 4.69) is 151 Å². The van der Waals surface area contributed by atoms with Crippen LogP contribution in [-0.4, -0.2) is 19.9 Å². The normalized spacial score (nSPS) is 11.5. The number of hydrogen-bond acceptors (Lipinski definition) is 5. The summed E-state index contributed by atoms with van der Waals surface area (Å²) in [5.74, 6) is 0.664. The van der Waals surface area contributed by atoms with E-state index in [0.29, 0.717) is 5.82 Å². The largest absolute Gasteiger partial charge is 0.456 e. The van der Waals surface area contributed by atoms with Gasteiger partial charge in [-0.3, -0.25) is 4.98 Å². The molecule has 57 heavy (non-hydrogen) atoms. The molecule has 0 aliphatic heterocycles. The minimum Gasteiger partial charge on any atom is -0.456 e. The van der Waals surface area contributed by atoms with Crippen LogP contribution in [0.15, 0.2) is 199 Å². The number of aromatic nitrogens is 4. The first-order valence-corrected chi connectivity index (χ1v) is 19.0. The van der Waals surface area contributed by atoms with Crippen LogP contribution in [0.5, 0.6) is 0 Å². The third kappa shape index (κ3) is 5.90. The van der Waals surface area contributed by atoms with E-state index in [4.69, 9.17) is 19.4 Å². The molecule has 4 aromatic heterocycles. The molecule has 0 saturated carbocycles. The number of fused-ring (bicyclic) bond motifs is 6. The number of benzene rings is 7. The van der Waals surface area contributed by atoms with E-state index in [1.54, 1.807) is 0 Å². The van der Waals surface area contributed by atoms with E-state index in [-0.39, 0.29) is 0 Å². The molecule has 266 valence electrons. The van der Waals surface area contributed by atoms with E-state index in [1.165, 1.54) is 0 Å². The van der Waals surface area contributed by atoms with Crippen molar-refractivity contribution in [2.24, 2.45) is 0 Å². The van der Waals surface area contributed by atoms with Crippen LogP contribution in [0.3, 0.4) is 0 Å². The van der Waals surface area contributed by atoms with E-state index in [0.717, 1.165) is 105 Å². The Morgan fingerprint density at radius 3 is 1.79 bits per heavy atom. The van der Waals surface area contributed by atoms with Crippen LogP contribution in [0.2, 0.25) is 0 Å². The van der Waals surface area contributed by atoms with Crippen molar-refractivity contribution in [2.45, 2.75) is 0 Å². The van der Waals surface area contributed by atoms with Crippen molar-refractivity contribution in [3.8, 4) is 67.4 Å². The predicted octanol–water partition coefficient (Wildman–Crippen LogP) is 13.5. The molecule has 0 aliphatic rings. The van der Waals surface area contributed by atoms with Gasteiger partial charge < -0.3 is 4.42 Å². The van der Waals surface area contributed by atoms with Crippen LogP contribution in [0.4, 0.5) is 0 Å². The molecule has 0 atom stereocenters. The highest BCUT2D eigenvalue weighted by atomic mass is 16.3. The van der Waals surface area contributed by atoms with Gasteiger partial charge in [0.05, 0.1) is 28.1 Å². The van der Waals surface area contributed by atoms with Gasteiger partial charge in [-0.25, -0.2) is 15.0 Å². The average molecular weight is 729 g/mol. The summed E-state index contributed by atoms with van der Waals surface area (Å²) in [5, 5.41) is 4.34. The first-order valence-electron chi connectivity index (χ1n) is 19.0. The van der Waals surface area contributed by atoms with Gasteiger partial charge in [0.25, 0.3) is 0 Å². The summed E-state index contributed by atoms with van der Waals surface area (Å²) in [6.07, 6.45) is 1.82. The second-order valence-corrected chi connectivity index (χ2v) is 14.3. The molecule has 0 amide bonds. The molecule has 5 heteroatoms. The molecule has 11 aromatic rings. The second kappa shape index (κ2) is 13.5. The Balaban J connectivity index is 1.07. The van der Waals surface area contributed by atoms with Crippen molar-refractivity contribution in [2.75, 3.05) is 0 Å². The number of para-hydroxylation sites is 1. The quantitative estimate of drug-likeness (QED) is 0.160.